The van der Waals surface area contributed by atoms with Gasteiger partial charge in [0.15, 0.2) is 5.69 Å². The summed E-state index contributed by atoms with van der Waals surface area (Å²) in [6.07, 6.45) is 0.842. The molecule has 0 bridgehead atoms. The summed E-state index contributed by atoms with van der Waals surface area (Å²) in [5, 5.41) is 29.3. The van der Waals surface area contributed by atoms with Crippen molar-refractivity contribution in [2.24, 2.45) is 0 Å². The second kappa shape index (κ2) is 9.67. The summed E-state index contributed by atoms with van der Waals surface area (Å²) in [5.74, 6) is 0.0656. The first kappa shape index (κ1) is 23.9. The third-order valence-electron chi connectivity index (χ3n) is 7.04. The number of piperazine rings is 1. The number of rotatable bonds is 5. The molecule has 2 aliphatic heterocycles. The molecule has 0 saturated carbocycles. The number of nitrogens with zero attached hydrogens (tertiary/aromatic N) is 5. The van der Waals surface area contributed by atoms with Crippen LogP contribution in [0.1, 0.15) is 30.6 Å². The highest BCUT2D eigenvalue weighted by atomic mass is 35.5. The normalized spacial score (nSPS) is 21.0. The third kappa shape index (κ3) is 4.34. The molecule has 182 valence electrons. The standard InChI is InChI=1S/C25H26Cl2N6O2/c1-15(19-4-2-16(26)10-21(19)27)33-24-11-17(3-5-20(24)23(12-28)30-33)31-8-9-32(18(13-31)14-34)25(35)22-6-7-29-22/h2-5,10-11,15,18,22,29,34H,6-9,13-14H2,1H3/t15?,18-,22?/m0/s1. The zero-order valence-corrected chi connectivity index (χ0v) is 20.8. The molecule has 2 aromatic carbocycles. The van der Waals surface area contributed by atoms with Crippen molar-refractivity contribution in [3.05, 3.63) is 57.7 Å². The number of nitriles is 1. The largest absolute Gasteiger partial charge is 0.394 e. The molecule has 0 spiro atoms. The first-order valence-electron chi connectivity index (χ1n) is 11.7. The minimum Gasteiger partial charge on any atom is -0.394 e. The van der Waals surface area contributed by atoms with Crippen LogP contribution in [0, 0.1) is 11.3 Å². The molecule has 3 aromatic rings. The second-order valence-corrected chi connectivity index (χ2v) is 9.90. The van der Waals surface area contributed by atoms with Crippen LogP contribution in [0.3, 0.4) is 0 Å². The van der Waals surface area contributed by atoms with E-state index in [1.165, 1.54) is 0 Å². The number of halogens is 2. The number of hydrogen-bond donors (Lipinski definition) is 2. The van der Waals surface area contributed by atoms with Crippen molar-refractivity contribution in [2.45, 2.75) is 31.5 Å². The van der Waals surface area contributed by atoms with Crippen molar-refractivity contribution in [1.29, 1.82) is 5.26 Å². The summed E-state index contributed by atoms with van der Waals surface area (Å²) in [6, 6.07) is 12.8. The van der Waals surface area contributed by atoms with Crippen LogP contribution in [0.2, 0.25) is 10.0 Å². The molecule has 0 aliphatic carbocycles. The Bertz CT molecular complexity index is 1320. The highest BCUT2D eigenvalue weighted by molar-refractivity contribution is 6.35. The van der Waals surface area contributed by atoms with Crippen LogP contribution in [0.25, 0.3) is 10.9 Å². The molecule has 1 aromatic heterocycles. The highest BCUT2D eigenvalue weighted by Gasteiger charge is 2.36. The number of benzene rings is 2. The number of aliphatic hydroxyl groups excluding tert-OH is 1. The van der Waals surface area contributed by atoms with Gasteiger partial charge in [-0.2, -0.15) is 10.4 Å². The van der Waals surface area contributed by atoms with Gasteiger partial charge in [0.25, 0.3) is 0 Å². The van der Waals surface area contributed by atoms with Gasteiger partial charge < -0.3 is 20.2 Å². The van der Waals surface area contributed by atoms with Crippen LogP contribution in [-0.4, -0.2) is 70.6 Å². The van der Waals surface area contributed by atoms with Crippen molar-refractivity contribution < 1.29 is 9.90 Å². The number of aliphatic hydroxyl groups is 1. The van der Waals surface area contributed by atoms with E-state index in [9.17, 15) is 15.2 Å². The van der Waals surface area contributed by atoms with Crippen molar-refractivity contribution in [3.63, 3.8) is 0 Å². The average Bonchev–Trinajstić information content (AvgIpc) is 3.20. The summed E-state index contributed by atoms with van der Waals surface area (Å²) in [6.45, 7) is 4.46. The Morgan fingerprint density at radius 1 is 1.29 bits per heavy atom. The zero-order valence-electron chi connectivity index (χ0n) is 19.3. The Morgan fingerprint density at radius 2 is 2.09 bits per heavy atom. The molecule has 2 fully saturated rings. The van der Waals surface area contributed by atoms with Gasteiger partial charge in [0.1, 0.15) is 6.07 Å². The topological polar surface area (TPSA) is 97.4 Å². The Morgan fingerprint density at radius 3 is 2.74 bits per heavy atom. The van der Waals surface area contributed by atoms with Crippen molar-refractivity contribution in [1.82, 2.24) is 20.0 Å². The Kier molecular flexibility index (Phi) is 6.60. The molecule has 3 atom stereocenters. The molecular weight excluding hydrogens is 487 g/mol. The Balaban J connectivity index is 1.46. The van der Waals surface area contributed by atoms with Crippen LogP contribution in [0.15, 0.2) is 36.4 Å². The zero-order chi connectivity index (χ0) is 24.7. The molecule has 10 heteroatoms. The Hall–Kier alpha value is -2.83. The van der Waals surface area contributed by atoms with Crippen LogP contribution >= 0.6 is 23.2 Å². The molecule has 35 heavy (non-hydrogen) atoms. The summed E-state index contributed by atoms with van der Waals surface area (Å²) >= 11 is 12.5. The lowest BCUT2D eigenvalue weighted by atomic mass is 10.0. The van der Waals surface area contributed by atoms with Gasteiger partial charge in [-0.15, -0.1) is 0 Å². The first-order valence-corrected chi connectivity index (χ1v) is 12.4. The summed E-state index contributed by atoms with van der Waals surface area (Å²) in [5.41, 5.74) is 2.97. The predicted molar refractivity (Wildman–Crippen MR) is 136 cm³/mol. The number of fused-ring (bicyclic) bond motifs is 1. The van der Waals surface area contributed by atoms with E-state index in [0.29, 0.717) is 35.4 Å². The van der Waals surface area contributed by atoms with Crippen LogP contribution in [0.4, 0.5) is 5.69 Å². The minimum absolute atomic E-state index is 0.0656. The van der Waals surface area contributed by atoms with Gasteiger partial charge in [-0.3, -0.25) is 9.48 Å². The molecule has 8 nitrogen and oxygen atoms in total. The average molecular weight is 513 g/mol. The summed E-state index contributed by atoms with van der Waals surface area (Å²) in [4.78, 5) is 16.7. The number of carbonyl (C=O) groups is 1. The van der Waals surface area contributed by atoms with E-state index >= 15 is 0 Å². The fourth-order valence-electron chi connectivity index (χ4n) is 4.91. The fraction of sp³-hybridized carbons (Fsp3) is 0.400. The second-order valence-electron chi connectivity index (χ2n) is 9.06. The quantitative estimate of drug-likeness (QED) is 0.544. The van der Waals surface area contributed by atoms with E-state index in [0.717, 1.165) is 35.1 Å². The number of nitrogens with one attached hydrogen (secondary N) is 1. The highest BCUT2D eigenvalue weighted by Crippen LogP contribution is 2.33. The number of hydrogen-bond acceptors (Lipinski definition) is 6. The molecule has 0 radical (unpaired) electrons. The van der Waals surface area contributed by atoms with Gasteiger partial charge in [-0.25, -0.2) is 0 Å². The van der Waals surface area contributed by atoms with E-state index in [1.807, 2.05) is 35.9 Å². The smallest absolute Gasteiger partial charge is 0.240 e. The molecule has 2 unspecified atom stereocenters. The van der Waals surface area contributed by atoms with Crippen LogP contribution in [-0.2, 0) is 4.79 Å². The van der Waals surface area contributed by atoms with E-state index in [2.05, 4.69) is 21.4 Å². The number of anilines is 1. The summed E-state index contributed by atoms with van der Waals surface area (Å²) < 4.78 is 1.82. The van der Waals surface area contributed by atoms with Crippen LogP contribution < -0.4 is 10.2 Å². The lowest BCUT2D eigenvalue weighted by Crippen LogP contribution is -2.63. The van der Waals surface area contributed by atoms with Gasteiger partial charge in [-0.1, -0.05) is 29.3 Å². The van der Waals surface area contributed by atoms with Gasteiger partial charge in [-0.05, 0) is 55.8 Å². The molecule has 5 rings (SSSR count). The predicted octanol–water partition coefficient (Wildman–Crippen LogP) is 3.20. The number of amides is 1. The van der Waals surface area contributed by atoms with Gasteiger partial charge >= 0.3 is 0 Å². The number of carbonyl (C=O) groups excluding carboxylic acids is 1. The maximum Gasteiger partial charge on any atom is 0.240 e. The fourth-order valence-corrected chi connectivity index (χ4v) is 5.47. The SMILES string of the molecule is CC(c1ccc(Cl)cc1Cl)n1nc(C#N)c2ccc(N3CCN(C(=O)C4CCN4)[C@H](CO)C3)cc21. The van der Waals surface area contributed by atoms with E-state index in [4.69, 9.17) is 23.2 Å². The summed E-state index contributed by atoms with van der Waals surface area (Å²) in [7, 11) is 0. The molecule has 2 saturated heterocycles. The van der Waals surface area contributed by atoms with Gasteiger partial charge in [0.2, 0.25) is 5.91 Å². The van der Waals surface area contributed by atoms with Crippen molar-refractivity contribution >= 4 is 45.7 Å². The lowest BCUT2D eigenvalue weighted by Gasteiger charge is -2.44. The van der Waals surface area contributed by atoms with E-state index in [1.54, 1.807) is 17.0 Å². The minimum atomic E-state index is -0.277. The third-order valence-corrected chi connectivity index (χ3v) is 7.60. The maximum atomic E-state index is 12.8. The first-order chi connectivity index (χ1) is 16.9. The molecular formula is C25H26Cl2N6O2. The lowest BCUT2D eigenvalue weighted by molar-refractivity contribution is -0.139. The van der Waals surface area contributed by atoms with Crippen molar-refractivity contribution in [3.8, 4) is 6.07 Å². The Labute approximate surface area is 213 Å². The molecule has 2 aliphatic rings. The van der Waals surface area contributed by atoms with E-state index in [-0.39, 0.29) is 30.6 Å². The van der Waals surface area contributed by atoms with Gasteiger partial charge in [0.05, 0.1) is 30.2 Å². The van der Waals surface area contributed by atoms with Gasteiger partial charge in [0, 0.05) is 40.8 Å². The van der Waals surface area contributed by atoms with E-state index < -0.39 is 0 Å². The number of aromatic nitrogens is 2. The molecule has 1 amide bonds. The monoisotopic (exact) mass is 512 g/mol. The van der Waals surface area contributed by atoms with Crippen molar-refractivity contribution in [2.75, 3.05) is 37.7 Å². The van der Waals surface area contributed by atoms with Crippen LogP contribution in [0.5, 0.6) is 0 Å². The maximum absolute atomic E-state index is 12.8. The molecule has 2 N–H and O–H groups in total. The molecule has 3 heterocycles.